The summed E-state index contributed by atoms with van der Waals surface area (Å²) in [6.07, 6.45) is 1.49. The lowest BCUT2D eigenvalue weighted by molar-refractivity contribution is 0.348. The Morgan fingerprint density at radius 2 is 1.62 bits per heavy atom. The zero-order chi connectivity index (χ0) is 24.0. The molecule has 2 aromatic carbocycles. The number of hydrogen-bond donors (Lipinski definition) is 1. The fourth-order valence-corrected chi connectivity index (χ4v) is 4.43. The van der Waals surface area contributed by atoms with Gasteiger partial charge >= 0.3 is 0 Å². The summed E-state index contributed by atoms with van der Waals surface area (Å²) in [5.41, 5.74) is 0.734. The average Bonchev–Trinajstić information content (AvgIpc) is 3.40. The van der Waals surface area contributed by atoms with Crippen molar-refractivity contribution in [2.75, 3.05) is 18.9 Å². The highest BCUT2D eigenvalue weighted by Gasteiger charge is 2.23. The summed E-state index contributed by atoms with van der Waals surface area (Å²) in [4.78, 5) is 9.61. The number of nitrogens with one attached hydrogen (secondary N) is 1. The van der Waals surface area contributed by atoms with Gasteiger partial charge in [0.25, 0.3) is 15.9 Å². The van der Waals surface area contributed by atoms with E-state index in [1.807, 2.05) is 35.7 Å². The van der Waals surface area contributed by atoms with Gasteiger partial charge in [0.15, 0.2) is 23.1 Å². The maximum absolute atomic E-state index is 12.9. The molecule has 174 valence electrons. The lowest BCUT2D eigenvalue weighted by atomic mass is 10.2. The molecule has 0 atom stereocenters. The van der Waals surface area contributed by atoms with Crippen LogP contribution in [0.4, 0.5) is 5.82 Å². The summed E-state index contributed by atoms with van der Waals surface area (Å²) < 4.78 is 45.1. The van der Waals surface area contributed by atoms with E-state index in [9.17, 15) is 8.42 Å². The number of aromatic nitrogens is 2. The van der Waals surface area contributed by atoms with E-state index >= 15 is 0 Å². The summed E-state index contributed by atoms with van der Waals surface area (Å²) in [6.45, 7) is 0. The van der Waals surface area contributed by atoms with Crippen LogP contribution >= 0.6 is 11.3 Å². The third kappa shape index (κ3) is 5.53. The normalized spacial score (nSPS) is 11.4. The molecule has 2 aromatic heterocycles. The number of thiophene rings is 1. The molecule has 0 spiro atoms. The molecule has 0 aliphatic rings. The summed E-state index contributed by atoms with van der Waals surface area (Å²) >= 11 is 1.41. The third-order valence-corrected chi connectivity index (χ3v) is 6.37. The number of rotatable bonds is 9. The van der Waals surface area contributed by atoms with Crippen LogP contribution in [0, 0.1) is 0 Å². The van der Waals surface area contributed by atoms with Gasteiger partial charge in [0.2, 0.25) is 5.75 Å². The number of hydrogen-bond acceptors (Lipinski definition) is 8. The van der Waals surface area contributed by atoms with Gasteiger partial charge in [0.05, 0.1) is 24.5 Å². The van der Waals surface area contributed by atoms with E-state index in [1.165, 1.54) is 31.6 Å². The number of para-hydroxylation sites is 2. The van der Waals surface area contributed by atoms with Crippen molar-refractivity contribution >= 4 is 33.3 Å². The van der Waals surface area contributed by atoms with Crippen LogP contribution < -0.4 is 18.9 Å². The van der Waals surface area contributed by atoms with E-state index in [-0.39, 0.29) is 17.4 Å². The van der Waals surface area contributed by atoms with E-state index < -0.39 is 10.0 Å². The van der Waals surface area contributed by atoms with Crippen LogP contribution in [-0.2, 0) is 10.0 Å². The molecule has 4 aromatic rings. The molecular weight excluding hydrogens is 474 g/mol. The highest BCUT2D eigenvalue weighted by molar-refractivity contribution is 7.95. The molecule has 8 nitrogen and oxygen atoms in total. The topological polar surface area (TPSA) is 99.6 Å². The fourth-order valence-electron chi connectivity index (χ4n) is 2.96. The van der Waals surface area contributed by atoms with Crippen LogP contribution in [0.15, 0.2) is 77.5 Å². The van der Waals surface area contributed by atoms with Gasteiger partial charge in [-0.2, -0.15) is 4.98 Å². The first-order valence-electron chi connectivity index (χ1n) is 10.1. The Bertz CT molecular complexity index is 1390. The molecule has 4 rings (SSSR count). The van der Waals surface area contributed by atoms with E-state index in [0.717, 1.165) is 15.8 Å². The van der Waals surface area contributed by atoms with Gasteiger partial charge in [0.1, 0.15) is 0 Å². The second-order valence-electron chi connectivity index (χ2n) is 6.82. The first-order chi connectivity index (χ1) is 16.5. The fraction of sp³-hybridized carbons (Fsp3) is 0.0833. The molecule has 10 heteroatoms. The van der Waals surface area contributed by atoms with E-state index in [2.05, 4.69) is 14.7 Å². The largest absolute Gasteiger partial charge is 0.493 e. The minimum absolute atomic E-state index is 0.00370. The van der Waals surface area contributed by atoms with E-state index in [1.54, 1.807) is 36.4 Å². The highest BCUT2D eigenvalue weighted by Crippen LogP contribution is 2.41. The molecule has 0 amide bonds. The van der Waals surface area contributed by atoms with Gasteiger partial charge < -0.3 is 14.2 Å². The molecule has 0 aliphatic carbocycles. The Labute approximate surface area is 201 Å². The van der Waals surface area contributed by atoms with Crippen LogP contribution in [0.5, 0.6) is 23.1 Å². The minimum atomic E-state index is -3.96. The standard InChI is InChI=1S/C24H21N3O5S2/c1-30-18-11-6-7-12-19(18)32-21-23(25-22(26-24(21)31-2)20-13-8-15-33-20)27-34(28,29)16-14-17-9-4-3-5-10-17/h3-16H,1-2H3,(H,25,26,27). The van der Waals surface area contributed by atoms with Gasteiger partial charge in [-0.15, -0.1) is 11.3 Å². The van der Waals surface area contributed by atoms with Gasteiger partial charge in [-0.3, -0.25) is 4.72 Å². The number of ether oxygens (including phenoxy) is 3. The number of benzene rings is 2. The van der Waals surface area contributed by atoms with Gasteiger partial charge in [-0.05, 0) is 35.2 Å². The second kappa shape index (κ2) is 10.4. The number of methoxy groups -OCH3 is 2. The zero-order valence-electron chi connectivity index (χ0n) is 18.3. The smallest absolute Gasteiger partial charge is 0.263 e. The van der Waals surface area contributed by atoms with Crippen molar-refractivity contribution in [3.8, 4) is 33.8 Å². The molecule has 1 N–H and O–H groups in total. The third-order valence-electron chi connectivity index (χ3n) is 4.53. The van der Waals surface area contributed by atoms with Crippen LogP contribution in [0.2, 0.25) is 0 Å². The monoisotopic (exact) mass is 495 g/mol. The SMILES string of the molecule is COc1ccccc1Oc1c(NS(=O)(=O)C=Cc2ccccc2)nc(-c2cccs2)nc1OC. The van der Waals surface area contributed by atoms with Crippen molar-refractivity contribution in [1.82, 2.24) is 9.97 Å². The first-order valence-corrected chi connectivity index (χ1v) is 12.5. The van der Waals surface area contributed by atoms with E-state index in [4.69, 9.17) is 14.2 Å². The second-order valence-corrected chi connectivity index (χ2v) is 9.34. The Morgan fingerprint density at radius 1 is 0.882 bits per heavy atom. The van der Waals surface area contributed by atoms with Crippen LogP contribution in [0.1, 0.15) is 5.56 Å². The van der Waals surface area contributed by atoms with Gasteiger partial charge in [0, 0.05) is 0 Å². The predicted molar refractivity (Wildman–Crippen MR) is 133 cm³/mol. The molecule has 0 radical (unpaired) electrons. The molecule has 0 aliphatic heterocycles. The molecule has 34 heavy (non-hydrogen) atoms. The van der Waals surface area contributed by atoms with Crippen molar-refractivity contribution < 1.29 is 22.6 Å². The minimum Gasteiger partial charge on any atom is -0.493 e. The predicted octanol–water partition coefficient (Wildman–Crippen LogP) is 5.43. The first kappa shape index (κ1) is 23.3. The molecule has 0 bridgehead atoms. The molecular formula is C24H21N3O5S2. The van der Waals surface area contributed by atoms with Crippen molar-refractivity contribution in [3.05, 3.63) is 83.1 Å². The Morgan fingerprint density at radius 3 is 2.29 bits per heavy atom. The van der Waals surface area contributed by atoms with Crippen molar-refractivity contribution in [3.63, 3.8) is 0 Å². The van der Waals surface area contributed by atoms with Crippen molar-refractivity contribution in [1.29, 1.82) is 0 Å². The van der Waals surface area contributed by atoms with Crippen LogP contribution in [0.3, 0.4) is 0 Å². The summed E-state index contributed by atoms with van der Waals surface area (Å²) in [6, 6.07) is 19.7. The molecule has 0 unspecified atom stereocenters. The quantitative estimate of drug-likeness (QED) is 0.331. The molecule has 2 heterocycles. The van der Waals surface area contributed by atoms with E-state index in [0.29, 0.717) is 17.3 Å². The summed E-state index contributed by atoms with van der Waals surface area (Å²) in [5, 5.41) is 2.94. The van der Waals surface area contributed by atoms with Crippen LogP contribution in [0.25, 0.3) is 16.8 Å². The number of nitrogens with zero attached hydrogens (tertiary/aromatic N) is 2. The molecule has 0 saturated carbocycles. The maximum atomic E-state index is 12.9. The number of anilines is 1. The Hall–Kier alpha value is -3.89. The van der Waals surface area contributed by atoms with Gasteiger partial charge in [-0.1, -0.05) is 48.5 Å². The Balaban J connectivity index is 1.78. The van der Waals surface area contributed by atoms with Crippen LogP contribution in [-0.4, -0.2) is 32.6 Å². The summed E-state index contributed by atoms with van der Waals surface area (Å²) in [5.74, 6) is 1.08. The molecule has 0 fully saturated rings. The molecule has 0 saturated heterocycles. The van der Waals surface area contributed by atoms with Crippen molar-refractivity contribution in [2.24, 2.45) is 0 Å². The lowest BCUT2D eigenvalue weighted by Gasteiger charge is -2.16. The zero-order valence-corrected chi connectivity index (χ0v) is 20.0. The number of sulfonamides is 1. The Kier molecular flexibility index (Phi) is 7.09. The highest BCUT2D eigenvalue weighted by atomic mass is 32.2. The van der Waals surface area contributed by atoms with Crippen molar-refractivity contribution in [2.45, 2.75) is 0 Å². The average molecular weight is 496 g/mol. The summed E-state index contributed by atoms with van der Waals surface area (Å²) in [7, 11) is -1.03. The maximum Gasteiger partial charge on any atom is 0.263 e. The lowest BCUT2D eigenvalue weighted by Crippen LogP contribution is -2.13. The van der Waals surface area contributed by atoms with Gasteiger partial charge in [-0.25, -0.2) is 13.4 Å².